The van der Waals surface area contributed by atoms with E-state index in [9.17, 15) is 9.90 Å². The van der Waals surface area contributed by atoms with Gasteiger partial charge in [-0.05, 0) is 37.5 Å². The Morgan fingerprint density at radius 1 is 1.33 bits per heavy atom. The average Bonchev–Trinajstić information content (AvgIpc) is 2.64. The minimum Gasteiger partial charge on any atom is -0.477 e. The fraction of sp³-hybridized carbons (Fsp3) is 0.308. The van der Waals surface area contributed by atoms with Crippen molar-refractivity contribution in [2.75, 3.05) is 0 Å². The van der Waals surface area contributed by atoms with E-state index in [-0.39, 0.29) is 5.69 Å². The van der Waals surface area contributed by atoms with E-state index in [0.717, 1.165) is 17.8 Å². The van der Waals surface area contributed by atoms with Crippen LogP contribution >= 0.6 is 0 Å². The molecule has 0 radical (unpaired) electrons. The van der Waals surface area contributed by atoms with Crippen LogP contribution in [0.2, 0.25) is 0 Å². The van der Waals surface area contributed by atoms with Gasteiger partial charge in [0, 0.05) is 19.4 Å². The van der Waals surface area contributed by atoms with Gasteiger partial charge in [0.25, 0.3) is 0 Å². The molecule has 0 saturated carbocycles. The SMILES string of the molecule is Cc1nc(CCc2ccncc2)c(C(=O)O)n1C. The Bertz CT molecular complexity index is 561. The predicted molar refractivity (Wildman–Crippen MR) is 66.5 cm³/mol. The first-order valence-corrected chi connectivity index (χ1v) is 5.74. The van der Waals surface area contributed by atoms with E-state index < -0.39 is 5.97 Å². The number of pyridine rings is 1. The summed E-state index contributed by atoms with van der Waals surface area (Å²) in [7, 11) is 1.72. The lowest BCUT2D eigenvalue weighted by Gasteiger charge is -2.02. The summed E-state index contributed by atoms with van der Waals surface area (Å²) in [6.45, 7) is 1.81. The minimum absolute atomic E-state index is 0.279. The average molecular weight is 245 g/mol. The summed E-state index contributed by atoms with van der Waals surface area (Å²) in [5.74, 6) is -0.208. The van der Waals surface area contributed by atoms with E-state index in [1.165, 1.54) is 0 Å². The number of rotatable bonds is 4. The highest BCUT2D eigenvalue weighted by Crippen LogP contribution is 2.13. The standard InChI is InChI=1S/C13H15N3O2/c1-9-15-11(12(13(17)18)16(9)2)4-3-10-5-7-14-8-6-10/h5-8H,3-4H2,1-2H3,(H,17,18). The van der Waals surface area contributed by atoms with Crippen LogP contribution in [0.25, 0.3) is 0 Å². The first-order chi connectivity index (χ1) is 8.59. The van der Waals surface area contributed by atoms with E-state index >= 15 is 0 Å². The first-order valence-electron chi connectivity index (χ1n) is 5.74. The van der Waals surface area contributed by atoms with Crippen molar-refractivity contribution in [2.24, 2.45) is 7.05 Å². The third-order valence-corrected chi connectivity index (χ3v) is 2.99. The molecule has 5 nitrogen and oxygen atoms in total. The van der Waals surface area contributed by atoms with Crippen LogP contribution in [0, 0.1) is 6.92 Å². The Hall–Kier alpha value is -2.17. The molecule has 0 unspecified atom stereocenters. The summed E-state index contributed by atoms with van der Waals surface area (Å²) < 4.78 is 1.62. The van der Waals surface area contributed by atoms with Crippen molar-refractivity contribution in [3.8, 4) is 0 Å². The molecular weight excluding hydrogens is 230 g/mol. The molecule has 2 aromatic rings. The van der Waals surface area contributed by atoms with Crippen LogP contribution in [-0.2, 0) is 19.9 Å². The predicted octanol–water partition coefficient (Wildman–Crippen LogP) is 1.61. The fourth-order valence-electron chi connectivity index (χ4n) is 1.93. The van der Waals surface area contributed by atoms with Crippen molar-refractivity contribution in [2.45, 2.75) is 19.8 Å². The Balaban J connectivity index is 2.20. The van der Waals surface area contributed by atoms with Gasteiger partial charge >= 0.3 is 5.97 Å². The Morgan fingerprint density at radius 2 is 2.00 bits per heavy atom. The molecule has 0 aromatic carbocycles. The molecule has 2 heterocycles. The van der Waals surface area contributed by atoms with Crippen LogP contribution in [0.15, 0.2) is 24.5 Å². The number of carboxylic acid groups (broad SMARTS) is 1. The molecular formula is C13H15N3O2. The molecule has 0 aliphatic rings. The van der Waals surface area contributed by atoms with E-state index in [0.29, 0.717) is 12.1 Å². The summed E-state index contributed by atoms with van der Waals surface area (Å²) in [4.78, 5) is 19.5. The zero-order valence-electron chi connectivity index (χ0n) is 10.4. The second-order valence-electron chi connectivity index (χ2n) is 4.17. The molecule has 1 N–H and O–H groups in total. The van der Waals surface area contributed by atoms with Gasteiger partial charge in [0.2, 0.25) is 0 Å². The summed E-state index contributed by atoms with van der Waals surface area (Å²) >= 11 is 0. The van der Waals surface area contributed by atoms with Crippen molar-refractivity contribution in [1.82, 2.24) is 14.5 Å². The maximum absolute atomic E-state index is 11.2. The Labute approximate surface area is 105 Å². The number of imidazole rings is 1. The van der Waals surface area contributed by atoms with Crippen LogP contribution in [0.5, 0.6) is 0 Å². The topological polar surface area (TPSA) is 68.0 Å². The number of aromatic nitrogens is 3. The number of aryl methyl sites for hydroxylation is 3. The highest BCUT2D eigenvalue weighted by molar-refractivity contribution is 5.87. The normalized spacial score (nSPS) is 10.6. The van der Waals surface area contributed by atoms with Crippen molar-refractivity contribution in [1.29, 1.82) is 0 Å². The quantitative estimate of drug-likeness (QED) is 0.888. The summed E-state index contributed by atoms with van der Waals surface area (Å²) in [6, 6.07) is 3.85. The van der Waals surface area contributed by atoms with Crippen LogP contribution in [-0.4, -0.2) is 25.6 Å². The molecule has 0 fully saturated rings. The fourth-order valence-corrected chi connectivity index (χ4v) is 1.93. The molecule has 0 amide bonds. The molecule has 2 aromatic heterocycles. The van der Waals surface area contributed by atoms with Gasteiger partial charge in [-0.25, -0.2) is 9.78 Å². The van der Waals surface area contributed by atoms with Gasteiger partial charge in [-0.1, -0.05) is 0 Å². The van der Waals surface area contributed by atoms with Gasteiger partial charge in [0.1, 0.15) is 11.5 Å². The maximum Gasteiger partial charge on any atom is 0.354 e. The maximum atomic E-state index is 11.2. The summed E-state index contributed by atoms with van der Waals surface area (Å²) in [6.07, 6.45) is 4.85. The van der Waals surface area contributed by atoms with Gasteiger partial charge in [0.15, 0.2) is 0 Å². The highest BCUT2D eigenvalue weighted by Gasteiger charge is 2.18. The van der Waals surface area contributed by atoms with E-state index in [1.54, 1.807) is 24.0 Å². The molecule has 0 aliphatic carbocycles. The number of carbonyl (C=O) groups is 1. The third kappa shape index (κ3) is 2.40. The molecule has 94 valence electrons. The largest absolute Gasteiger partial charge is 0.477 e. The van der Waals surface area contributed by atoms with Gasteiger partial charge < -0.3 is 9.67 Å². The summed E-state index contributed by atoms with van der Waals surface area (Å²) in [5, 5.41) is 9.19. The second-order valence-corrected chi connectivity index (χ2v) is 4.17. The van der Waals surface area contributed by atoms with Crippen molar-refractivity contribution < 1.29 is 9.90 Å². The first kappa shape index (κ1) is 12.3. The molecule has 18 heavy (non-hydrogen) atoms. The summed E-state index contributed by atoms with van der Waals surface area (Å²) in [5.41, 5.74) is 2.05. The lowest BCUT2D eigenvalue weighted by atomic mass is 10.1. The van der Waals surface area contributed by atoms with Crippen LogP contribution in [0.1, 0.15) is 27.6 Å². The van der Waals surface area contributed by atoms with Crippen molar-refractivity contribution in [3.05, 3.63) is 47.3 Å². The molecule has 0 spiro atoms. The monoisotopic (exact) mass is 245 g/mol. The molecule has 0 atom stereocenters. The van der Waals surface area contributed by atoms with Gasteiger partial charge in [-0.15, -0.1) is 0 Å². The van der Waals surface area contributed by atoms with Crippen LogP contribution in [0.3, 0.4) is 0 Å². The van der Waals surface area contributed by atoms with E-state index in [4.69, 9.17) is 0 Å². The number of carboxylic acids is 1. The van der Waals surface area contributed by atoms with Crippen molar-refractivity contribution in [3.63, 3.8) is 0 Å². The number of hydrogen-bond donors (Lipinski definition) is 1. The molecule has 0 saturated heterocycles. The van der Waals surface area contributed by atoms with Gasteiger partial charge in [0.05, 0.1) is 5.69 Å². The van der Waals surface area contributed by atoms with Gasteiger partial charge in [-0.3, -0.25) is 4.98 Å². The zero-order valence-corrected chi connectivity index (χ0v) is 10.4. The third-order valence-electron chi connectivity index (χ3n) is 2.99. The van der Waals surface area contributed by atoms with Crippen molar-refractivity contribution >= 4 is 5.97 Å². The van der Waals surface area contributed by atoms with E-state index in [1.807, 2.05) is 19.1 Å². The lowest BCUT2D eigenvalue weighted by molar-refractivity contribution is 0.0685. The minimum atomic E-state index is -0.928. The highest BCUT2D eigenvalue weighted by atomic mass is 16.4. The second kappa shape index (κ2) is 5.00. The number of aromatic carboxylic acids is 1. The number of nitrogens with zero attached hydrogens (tertiary/aromatic N) is 3. The molecule has 0 aliphatic heterocycles. The molecule has 5 heteroatoms. The smallest absolute Gasteiger partial charge is 0.354 e. The molecule has 0 bridgehead atoms. The zero-order chi connectivity index (χ0) is 13.1. The Kier molecular flexibility index (Phi) is 3.41. The number of hydrogen-bond acceptors (Lipinski definition) is 3. The molecule has 2 rings (SSSR count). The lowest BCUT2D eigenvalue weighted by Crippen LogP contribution is -2.08. The Morgan fingerprint density at radius 3 is 2.61 bits per heavy atom. The van der Waals surface area contributed by atoms with Gasteiger partial charge in [-0.2, -0.15) is 0 Å². The van der Waals surface area contributed by atoms with E-state index in [2.05, 4.69) is 9.97 Å². The van der Waals surface area contributed by atoms with Crippen LogP contribution in [0.4, 0.5) is 0 Å². The van der Waals surface area contributed by atoms with Crippen LogP contribution < -0.4 is 0 Å².